The number of benzene rings is 2. The van der Waals surface area contributed by atoms with Crippen LogP contribution in [0.15, 0.2) is 36.5 Å². The van der Waals surface area contributed by atoms with Crippen LogP contribution in [0.2, 0.25) is 0 Å². The van der Waals surface area contributed by atoms with Crippen molar-refractivity contribution in [3.05, 3.63) is 42.1 Å². The Morgan fingerprint density at radius 1 is 1.17 bits per heavy atom. The molecule has 24 heavy (non-hydrogen) atoms. The monoisotopic (exact) mass is 322 g/mol. The van der Waals surface area contributed by atoms with Gasteiger partial charge in [-0.3, -0.25) is 14.7 Å². The maximum absolute atomic E-state index is 12.1. The zero-order chi connectivity index (χ0) is 16.7. The Labute approximate surface area is 136 Å². The fourth-order valence-corrected chi connectivity index (χ4v) is 2.85. The summed E-state index contributed by atoms with van der Waals surface area (Å²) in [6, 6.07) is 9.43. The second-order valence-electron chi connectivity index (χ2n) is 5.47. The van der Waals surface area contributed by atoms with Crippen molar-refractivity contribution < 1.29 is 14.3 Å². The maximum Gasteiger partial charge on any atom is 0.325 e. The number of esters is 1. The van der Waals surface area contributed by atoms with Crippen molar-refractivity contribution in [2.45, 2.75) is 0 Å². The third kappa shape index (κ3) is 2.18. The number of amides is 1. The van der Waals surface area contributed by atoms with Gasteiger partial charge in [-0.2, -0.15) is 5.10 Å². The fourth-order valence-electron chi connectivity index (χ4n) is 2.85. The van der Waals surface area contributed by atoms with Gasteiger partial charge in [0.1, 0.15) is 6.54 Å². The van der Waals surface area contributed by atoms with Gasteiger partial charge in [0.05, 0.1) is 24.3 Å². The topological polar surface area (TPSA) is 99.9 Å². The molecule has 2 heterocycles. The van der Waals surface area contributed by atoms with E-state index in [9.17, 15) is 9.59 Å². The van der Waals surface area contributed by atoms with Crippen LogP contribution < -0.4 is 5.32 Å². The summed E-state index contributed by atoms with van der Waals surface area (Å²) >= 11 is 0. The Balaban J connectivity index is 1.76. The molecule has 0 spiro atoms. The Morgan fingerprint density at radius 3 is 2.83 bits per heavy atom. The van der Waals surface area contributed by atoms with Crippen LogP contribution in [0.5, 0.6) is 0 Å². The number of methoxy groups -OCH3 is 1. The van der Waals surface area contributed by atoms with Gasteiger partial charge in [0, 0.05) is 27.2 Å². The van der Waals surface area contributed by atoms with Gasteiger partial charge in [-0.25, -0.2) is 0 Å². The summed E-state index contributed by atoms with van der Waals surface area (Å²) in [7, 11) is 1.28. The largest absolute Gasteiger partial charge is 0.468 e. The van der Waals surface area contributed by atoms with Crippen molar-refractivity contribution in [2.75, 3.05) is 13.7 Å². The number of rotatable bonds is 3. The molecule has 4 rings (SSSR count). The first-order valence-corrected chi connectivity index (χ1v) is 7.40. The van der Waals surface area contributed by atoms with Crippen LogP contribution in [-0.4, -0.2) is 40.7 Å². The summed E-state index contributed by atoms with van der Waals surface area (Å²) in [5.74, 6) is -0.815. The highest BCUT2D eigenvalue weighted by Crippen LogP contribution is 2.30. The van der Waals surface area contributed by atoms with Crippen molar-refractivity contribution in [3.63, 3.8) is 0 Å². The highest BCUT2D eigenvalue weighted by molar-refractivity contribution is 6.16. The molecule has 3 N–H and O–H groups in total. The number of ether oxygens (including phenoxy) is 1. The summed E-state index contributed by atoms with van der Waals surface area (Å²) in [5, 5.41) is 12.7. The number of aromatic amines is 2. The molecule has 4 aromatic rings. The molecular weight excluding hydrogens is 308 g/mol. The van der Waals surface area contributed by atoms with Crippen molar-refractivity contribution >= 4 is 44.6 Å². The molecule has 0 atom stereocenters. The van der Waals surface area contributed by atoms with Crippen LogP contribution in [0.1, 0.15) is 10.4 Å². The zero-order valence-electron chi connectivity index (χ0n) is 12.8. The summed E-state index contributed by atoms with van der Waals surface area (Å²) in [6.07, 6.45) is 1.77. The quantitative estimate of drug-likeness (QED) is 0.503. The Morgan fingerprint density at radius 2 is 2.00 bits per heavy atom. The maximum atomic E-state index is 12.1. The number of nitrogens with zero attached hydrogens (tertiary/aromatic N) is 1. The molecule has 0 bridgehead atoms. The molecule has 120 valence electrons. The van der Waals surface area contributed by atoms with Gasteiger partial charge < -0.3 is 15.0 Å². The summed E-state index contributed by atoms with van der Waals surface area (Å²) < 4.78 is 4.51. The molecule has 7 heteroatoms. The van der Waals surface area contributed by atoms with Crippen LogP contribution in [0.4, 0.5) is 0 Å². The van der Waals surface area contributed by atoms with Crippen LogP contribution in [0, 0.1) is 0 Å². The number of carbonyl (C=O) groups is 2. The van der Waals surface area contributed by atoms with Gasteiger partial charge in [-0.15, -0.1) is 0 Å². The van der Waals surface area contributed by atoms with E-state index >= 15 is 0 Å². The number of hydrogen-bond acceptors (Lipinski definition) is 4. The Hall–Kier alpha value is -3.35. The molecular formula is C17H14N4O3. The normalized spacial score (nSPS) is 11.2. The van der Waals surface area contributed by atoms with Crippen LogP contribution in [-0.2, 0) is 9.53 Å². The third-order valence-electron chi connectivity index (χ3n) is 4.07. The second-order valence-corrected chi connectivity index (χ2v) is 5.47. The van der Waals surface area contributed by atoms with Gasteiger partial charge in [0.15, 0.2) is 0 Å². The van der Waals surface area contributed by atoms with Gasteiger partial charge >= 0.3 is 5.97 Å². The summed E-state index contributed by atoms with van der Waals surface area (Å²) in [6.45, 7) is -0.158. The lowest BCUT2D eigenvalue weighted by atomic mass is 10.1. The minimum absolute atomic E-state index is 0.158. The minimum atomic E-state index is -0.489. The lowest BCUT2D eigenvalue weighted by Gasteiger charge is -2.04. The molecule has 0 aliphatic rings. The van der Waals surface area contributed by atoms with E-state index in [0.29, 0.717) is 5.56 Å². The fraction of sp³-hybridized carbons (Fsp3) is 0.118. The van der Waals surface area contributed by atoms with Crippen molar-refractivity contribution in [2.24, 2.45) is 0 Å². The van der Waals surface area contributed by atoms with E-state index in [1.807, 2.05) is 18.2 Å². The SMILES string of the molecule is COC(=O)CNC(=O)c1ccc2c(c1)[nH]c1c2ccc2cn[nH]c21. The molecule has 0 fully saturated rings. The minimum Gasteiger partial charge on any atom is -0.468 e. The van der Waals surface area contributed by atoms with Crippen LogP contribution in [0.25, 0.3) is 32.7 Å². The summed E-state index contributed by atoms with van der Waals surface area (Å²) in [4.78, 5) is 26.6. The second kappa shape index (κ2) is 5.38. The lowest BCUT2D eigenvalue weighted by Crippen LogP contribution is -2.30. The smallest absolute Gasteiger partial charge is 0.325 e. The van der Waals surface area contributed by atoms with E-state index in [1.54, 1.807) is 18.3 Å². The Kier molecular flexibility index (Phi) is 3.19. The van der Waals surface area contributed by atoms with E-state index < -0.39 is 5.97 Å². The summed E-state index contributed by atoms with van der Waals surface area (Å²) in [5.41, 5.74) is 3.20. The lowest BCUT2D eigenvalue weighted by molar-refractivity contribution is -0.139. The molecule has 1 amide bonds. The zero-order valence-corrected chi connectivity index (χ0v) is 12.8. The molecule has 0 saturated heterocycles. The highest BCUT2D eigenvalue weighted by Gasteiger charge is 2.12. The van der Waals surface area contributed by atoms with E-state index in [4.69, 9.17) is 0 Å². The van der Waals surface area contributed by atoms with E-state index in [2.05, 4.69) is 25.2 Å². The molecule has 0 aliphatic heterocycles. The van der Waals surface area contributed by atoms with E-state index in [0.717, 1.165) is 32.7 Å². The number of hydrogen-bond donors (Lipinski definition) is 3. The molecule has 2 aromatic carbocycles. The number of aromatic nitrogens is 3. The molecule has 0 saturated carbocycles. The predicted octanol–water partition coefficient (Wildman–Crippen LogP) is 2.10. The van der Waals surface area contributed by atoms with Crippen molar-refractivity contribution in [3.8, 4) is 0 Å². The molecule has 7 nitrogen and oxygen atoms in total. The van der Waals surface area contributed by atoms with Crippen molar-refractivity contribution in [1.82, 2.24) is 20.5 Å². The van der Waals surface area contributed by atoms with Gasteiger partial charge in [0.2, 0.25) is 0 Å². The van der Waals surface area contributed by atoms with Crippen molar-refractivity contribution in [1.29, 1.82) is 0 Å². The first-order chi connectivity index (χ1) is 11.7. The first-order valence-electron chi connectivity index (χ1n) is 7.40. The van der Waals surface area contributed by atoms with Crippen LogP contribution >= 0.6 is 0 Å². The average Bonchev–Trinajstić information content (AvgIpc) is 3.22. The number of carbonyl (C=O) groups excluding carboxylic acids is 2. The third-order valence-corrected chi connectivity index (χ3v) is 4.07. The van der Waals surface area contributed by atoms with Gasteiger partial charge in [-0.05, 0) is 12.1 Å². The predicted molar refractivity (Wildman–Crippen MR) is 89.8 cm³/mol. The average molecular weight is 322 g/mol. The van der Waals surface area contributed by atoms with E-state index in [1.165, 1.54) is 7.11 Å². The van der Waals surface area contributed by atoms with Gasteiger partial charge in [-0.1, -0.05) is 18.2 Å². The number of nitrogens with one attached hydrogen (secondary N) is 3. The highest BCUT2D eigenvalue weighted by atomic mass is 16.5. The molecule has 2 aromatic heterocycles. The first kappa shape index (κ1) is 14.3. The molecule has 0 unspecified atom stereocenters. The number of fused-ring (bicyclic) bond motifs is 5. The van der Waals surface area contributed by atoms with E-state index in [-0.39, 0.29) is 12.5 Å². The molecule has 0 aliphatic carbocycles. The van der Waals surface area contributed by atoms with Gasteiger partial charge in [0.25, 0.3) is 5.91 Å². The molecule has 0 radical (unpaired) electrons. The number of H-pyrrole nitrogens is 2. The Bertz CT molecular complexity index is 1090. The van der Waals surface area contributed by atoms with Crippen LogP contribution in [0.3, 0.4) is 0 Å². The standard InChI is InChI=1S/C17H14N4O3/c1-24-14(22)8-18-17(23)9-2-4-11-12-5-3-10-7-19-21-15(10)16(12)20-13(11)6-9/h2-7,20H,8H2,1H3,(H,18,23)(H,19,21).